The number of benzene rings is 1. The Labute approximate surface area is 138 Å². The van der Waals surface area contributed by atoms with Crippen LogP contribution in [-0.2, 0) is 4.74 Å². The molecule has 6 heteroatoms. The van der Waals surface area contributed by atoms with Crippen LogP contribution in [0, 0.1) is 0 Å². The van der Waals surface area contributed by atoms with Gasteiger partial charge >= 0.3 is 5.97 Å². The van der Waals surface area contributed by atoms with Crippen LogP contribution < -0.4 is 0 Å². The normalized spacial score (nSPS) is 11.2. The number of carbonyl (C=O) groups is 1. The Kier molecular flexibility index (Phi) is 4.05. The van der Waals surface area contributed by atoms with Crippen LogP contribution >= 0.6 is 11.6 Å². The lowest BCUT2D eigenvalue weighted by atomic mass is 10.1. The molecule has 23 heavy (non-hydrogen) atoms. The number of hydrogen-bond acceptors (Lipinski definition) is 4. The Morgan fingerprint density at radius 3 is 2.52 bits per heavy atom. The van der Waals surface area contributed by atoms with Crippen LogP contribution in [0.1, 0.15) is 30.2 Å². The number of aromatic nitrogens is 3. The monoisotopic (exact) mass is 329 g/mol. The van der Waals surface area contributed by atoms with Gasteiger partial charge in [0.2, 0.25) is 0 Å². The molecule has 0 aliphatic rings. The second-order valence-corrected chi connectivity index (χ2v) is 5.91. The van der Waals surface area contributed by atoms with E-state index in [1.807, 2.05) is 6.07 Å². The van der Waals surface area contributed by atoms with E-state index in [9.17, 15) is 4.79 Å². The SMILES string of the molecule is COC(=O)c1cc2c(cc1Cl)cc(-c1cncnc1)n2C(C)C. The summed E-state index contributed by atoms with van der Waals surface area (Å²) in [4.78, 5) is 20.1. The number of ether oxygens (including phenoxy) is 1. The Morgan fingerprint density at radius 2 is 1.91 bits per heavy atom. The van der Waals surface area contributed by atoms with Crippen LogP contribution in [-0.4, -0.2) is 27.6 Å². The number of fused-ring (bicyclic) bond motifs is 1. The molecule has 0 bridgehead atoms. The molecule has 3 rings (SSSR count). The molecule has 2 aromatic heterocycles. The van der Waals surface area contributed by atoms with Crippen molar-refractivity contribution in [2.24, 2.45) is 0 Å². The highest BCUT2D eigenvalue weighted by molar-refractivity contribution is 6.34. The highest BCUT2D eigenvalue weighted by Gasteiger charge is 2.18. The quantitative estimate of drug-likeness (QED) is 0.678. The van der Waals surface area contributed by atoms with E-state index < -0.39 is 5.97 Å². The average molecular weight is 330 g/mol. The maximum atomic E-state index is 11.9. The molecular formula is C17H16ClN3O2. The maximum absolute atomic E-state index is 11.9. The van der Waals surface area contributed by atoms with Crippen molar-refractivity contribution in [2.45, 2.75) is 19.9 Å². The molecule has 3 aromatic rings. The fourth-order valence-corrected chi connectivity index (χ4v) is 2.97. The number of nitrogens with zero attached hydrogens (tertiary/aromatic N) is 3. The van der Waals surface area contributed by atoms with Gasteiger partial charge in [-0.05, 0) is 32.0 Å². The molecular weight excluding hydrogens is 314 g/mol. The summed E-state index contributed by atoms with van der Waals surface area (Å²) in [6.45, 7) is 4.16. The summed E-state index contributed by atoms with van der Waals surface area (Å²) in [6, 6.07) is 5.78. The third-order valence-corrected chi connectivity index (χ3v) is 4.02. The van der Waals surface area contributed by atoms with Crippen molar-refractivity contribution in [1.82, 2.24) is 14.5 Å². The zero-order valence-electron chi connectivity index (χ0n) is 13.1. The van der Waals surface area contributed by atoms with Gasteiger partial charge in [-0.3, -0.25) is 0 Å². The van der Waals surface area contributed by atoms with Gasteiger partial charge in [-0.25, -0.2) is 14.8 Å². The molecule has 2 heterocycles. The molecule has 0 N–H and O–H groups in total. The first kappa shape index (κ1) is 15.5. The molecule has 1 aromatic carbocycles. The molecule has 0 saturated carbocycles. The van der Waals surface area contributed by atoms with Crippen molar-refractivity contribution >= 4 is 28.5 Å². The van der Waals surface area contributed by atoms with Gasteiger partial charge in [-0.1, -0.05) is 11.6 Å². The van der Waals surface area contributed by atoms with Crippen molar-refractivity contribution in [3.8, 4) is 11.3 Å². The highest BCUT2D eigenvalue weighted by Crippen LogP contribution is 2.34. The predicted molar refractivity (Wildman–Crippen MR) is 89.7 cm³/mol. The molecule has 0 amide bonds. The van der Waals surface area contributed by atoms with Crippen LogP contribution in [0.2, 0.25) is 5.02 Å². The van der Waals surface area contributed by atoms with Gasteiger partial charge in [-0.15, -0.1) is 0 Å². The Hall–Kier alpha value is -2.40. The van der Waals surface area contributed by atoms with Crippen LogP contribution in [0.5, 0.6) is 0 Å². The Balaban J connectivity index is 2.31. The molecule has 5 nitrogen and oxygen atoms in total. The minimum Gasteiger partial charge on any atom is -0.465 e. The molecule has 0 fully saturated rings. The fourth-order valence-electron chi connectivity index (χ4n) is 2.72. The van der Waals surface area contributed by atoms with Gasteiger partial charge < -0.3 is 9.30 Å². The minimum atomic E-state index is -0.446. The Bertz CT molecular complexity index is 872. The summed E-state index contributed by atoms with van der Waals surface area (Å²) in [5.74, 6) is -0.446. The topological polar surface area (TPSA) is 57.0 Å². The maximum Gasteiger partial charge on any atom is 0.339 e. The van der Waals surface area contributed by atoms with E-state index in [0.717, 1.165) is 22.2 Å². The highest BCUT2D eigenvalue weighted by atomic mass is 35.5. The van der Waals surface area contributed by atoms with Gasteiger partial charge in [0.05, 0.1) is 23.4 Å². The van der Waals surface area contributed by atoms with E-state index in [4.69, 9.17) is 16.3 Å². The predicted octanol–water partition coefficient (Wildman–Crippen LogP) is 4.12. The van der Waals surface area contributed by atoms with E-state index in [0.29, 0.717) is 10.6 Å². The second kappa shape index (κ2) is 6.01. The third kappa shape index (κ3) is 2.68. The van der Waals surface area contributed by atoms with Gasteiger partial charge in [0.15, 0.2) is 0 Å². The fraction of sp³-hybridized carbons (Fsp3) is 0.235. The number of halogens is 1. The largest absolute Gasteiger partial charge is 0.465 e. The Morgan fingerprint density at radius 1 is 1.22 bits per heavy atom. The van der Waals surface area contributed by atoms with Crippen molar-refractivity contribution in [3.05, 3.63) is 47.5 Å². The molecule has 0 unspecified atom stereocenters. The summed E-state index contributed by atoms with van der Waals surface area (Å²) >= 11 is 6.23. The van der Waals surface area contributed by atoms with Gasteiger partial charge in [-0.2, -0.15) is 0 Å². The number of hydrogen-bond donors (Lipinski definition) is 0. The third-order valence-electron chi connectivity index (χ3n) is 3.71. The van der Waals surface area contributed by atoms with Crippen molar-refractivity contribution < 1.29 is 9.53 Å². The molecule has 118 valence electrons. The minimum absolute atomic E-state index is 0.189. The van der Waals surface area contributed by atoms with Crippen molar-refractivity contribution in [2.75, 3.05) is 7.11 Å². The summed E-state index contributed by atoms with van der Waals surface area (Å²) in [7, 11) is 1.34. The molecule has 0 atom stereocenters. The lowest BCUT2D eigenvalue weighted by Crippen LogP contribution is -2.05. The van der Waals surface area contributed by atoms with Crippen LogP contribution in [0.3, 0.4) is 0 Å². The van der Waals surface area contributed by atoms with E-state index in [-0.39, 0.29) is 6.04 Å². The zero-order valence-corrected chi connectivity index (χ0v) is 13.8. The molecule has 0 saturated heterocycles. The van der Waals surface area contributed by atoms with Gasteiger partial charge in [0.25, 0.3) is 0 Å². The number of carbonyl (C=O) groups excluding carboxylic acids is 1. The van der Waals surface area contributed by atoms with Crippen molar-refractivity contribution in [1.29, 1.82) is 0 Å². The molecule has 0 aliphatic heterocycles. The van der Waals surface area contributed by atoms with Crippen LogP contribution in [0.25, 0.3) is 22.2 Å². The summed E-state index contributed by atoms with van der Waals surface area (Å²) < 4.78 is 6.94. The average Bonchev–Trinajstić information content (AvgIpc) is 2.92. The van der Waals surface area contributed by atoms with E-state index in [2.05, 4.69) is 28.4 Å². The molecule has 0 aliphatic carbocycles. The van der Waals surface area contributed by atoms with Crippen molar-refractivity contribution in [3.63, 3.8) is 0 Å². The first-order chi connectivity index (χ1) is 11.0. The molecule has 0 radical (unpaired) electrons. The van der Waals surface area contributed by atoms with Gasteiger partial charge in [0, 0.05) is 34.9 Å². The number of methoxy groups -OCH3 is 1. The van der Waals surface area contributed by atoms with Crippen LogP contribution in [0.4, 0.5) is 0 Å². The van der Waals surface area contributed by atoms with Crippen LogP contribution in [0.15, 0.2) is 36.9 Å². The first-order valence-corrected chi connectivity index (χ1v) is 7.59. The first-order valence-electron chi connectivity index (χ1n) is 7.21. The number of esters is 1. The summed E-state index contributed by atoms with van der Waals surface area (Å²) in [6.07, 6.45) is 5.03. The lowest BCUT2D eigenvalue weighted by Gasteiger charge is -2.15. The van der Waals surface area contributed by atoms with E-state index in [1.165, 1.54) is 13.4 Å². The molecule has 0 spiro atoms. The summed E-state index contributed by atoms with van der Waals surface area (Å²) in [5, 5.41) is 1.33. The standard InChI is InChI=1S/C17H16ClN3O2/c1-10(2)21-15(12-7-19-9-20-8-12)5-11-4-14(18)13(6-16(11)21)17(22)23-3/h4-10H,1-3H3. The smallest absolute Gasteiger partial charge is 0.339 e. The lowest BCUT2D eigenvalue weighted by molar-refractivity contribution is 0.0601. The second-order valence-electron chi connectivity index (χ2n) is 5.50. The van der Waals surface area contributed by atoms with Gasteiger partial charge in [0.1, 0.15) is 6.33 Å². The zero-order chi connectivity index (χ0) is 16.6. The summed E-state index contributed by atoms with van der Waals surface area (Å²) in [5.41, 5.74) is 3.17. The van der Waals surface area contributed by atoms with E-state index >= 15 is 0 Å². The number of rotatable bonds is 3. The van der Waals surface area contributed by atoms with E-state index in [1.54, 1.807) is 24.5 Å².